The van der Waals surface area contributed by atoms with Crippen molar-refractivity contribution in [2.24, 2.45) is 0 Å². The summed E-state index contributed by atoms with van der Waals surface area (Å²) in [7, 11) is 0. The minimum atomic E-state index is 1.75. The van der Waals surface area contributed by atoms with Gasteiger partial charge in [-0.05, 0) is 13.8 Å². The highest BCUT2D eigenvalue weighted by Gasteiger charge is 1.42. The number of rotatable bonds is 1. The molecule has 0 saturated heterocycles. The van der Waals surface area contributed by atoms with Crippen molar-refractivity contribution in [1.82, 2.24) is 0 Å². The summed E-state index contributed by atoms with van der Waals surface area (Å²) in [6.07, 6.45) is 7.33. The lowest BCUT2D eigenvalue weighted by molar-refractivity contribution is 1.74. The van der Waals surface area contributed by atoms with E-state index in [2.05, 4.69) is 13.2 Å². The van der Waals surface area contributed by atoms with Gasteiger partial charge in [-0.1, -0.05) is 30.9 Å². The van der Waals surface area contributed by atoms with Gasteiger partial charge in [0.25, 0.3) is 0 Å². The first-order valence-corrected chi connectivity index (χ1v) is 2.64. The van der Waals surface area contributed by atoms with Gasteiger partial charge in [0.2, 0.25) is 0 Å². The summed E-state index contributed by atoms with van der Waals surface area (Å²) in [5, 5.41) is 0. The van der Waals surface area contributed by atoms with E-state index in [1.807, 2.05) is 26.0 Å². The van der Waals surface area contributed by atoms with E-state index < -0.39 is 0 Å². The molecule has 0 bridgehead atoms. The maximum Gasteiger partial charge on any atom is -0.0467 e. The number of allylic oxidation sites excluding steroid dienone is 4. The van der Waals surface area contributed by atoms with Crippen LogP contribution in [0.4, 0.5) is 0 Å². The Kier molecular flexibility index (Phi) is 20.9. The van der Waals surface area contributed by atoms with Crippen molar-refractivity contribution in [1.29, 1.82) is 0 Å². The fraction of sp³-hybridized carbons (Fsp3) is 0.250. The fourth-order valence-electron chi connectivity index (χ4n) is 0.136. The number of hydrogen-bond acceptors (Lipinski definition) is 0. The molecule has 0 aliphatic rings. The average Bonchev–Trinajstić information content (AvgIpc) is 1.71. The van der Waals surface area contributed by atoms with Gasteiger partial charge in [0.05, 0.1) is 0 Å². The van der Waals surface area contributed by atoms with E-state index in [0.717, 1.165) is 0 Å². The van der Waals surface area contributed by atoms with Crippen molar-refractivity contribution in [3.05, 3.63) is 37.5 Å². The van der Waals surface area contributed by atoms with E-state index in [-0.39, 0.29) is 0 Å². The van der Waals surface area contributed by atoms with Gasteiger partial charge in [-0.15, -0.1) is 6.58 Å². The third-order valence-electron chi connectivity index (χ3n) is 0.329. The topological polar surface area (TPSA) is 0 Å². The molecule has 0 heteroatoms. The summed E-state index contributed by atoms with van der Waals surface area (Å²) in [4.78, 5) is 0. The lowest BCUT2D eigenvalue weighted by Crippen LogP contribution is -1.33. The van der Waals surface area contributed by atoms with Crippen LogP contribution in [0.25, 0.3) is 0 Å². The average molecular weight is 110 g/mol. The molecule has 0 aromatic heterocycles. The van der Waals surface area contributed by atoms with Crippen LogP contribution < -0.4 is 0 Å². The standard InChI is InChI=1S/C5H8.C3H6/c1-3-5-4-2;1-3-2/h3-5H,1H2,2H3;3H,1H2,2H3/b5-4+;. The minimum absolute atomic E-state index is 1.75. The molecule has 0 aliphatic heterocycles. The van der Waals surface area contributed by atoms with Crippen molar-refractivity contribution < 1.29 is 0 Å². The Morgan fingerprint density at radius 3 is 1.50 bits per heavy atom. The predicted molar refractivity (Wildman–Crippen MR) is 40.9 cm³/mol. The second-order valence-electron chi connectivity index (χ2n) is 1.17. The smallest absolute Gasteiger partial charge is 0.0467 e. The van der Waals surface area contributed by atoms with Crippen molar-refractivity contribution in [2.75, 3.05) is 0 Å². The second-order valence-corrected chi connectivity index (χ2v) is 1.17. The monoisotopic (exact) mass is 110 g/mol. The predicted octanol–water partition coefficient (Wildman–Crippen LogP) is 2.94. The zero-order chi connectivity index (χ0) is 6.83. The molecule has 0 saturated carbocycles. The molecule has 0 radical (unpaired) electrons. The minimum Gasteiger partial charge on any atom is -0.103 e. The molecule has 46 valence electrons. The van der Waals surface area contributed by atoms with Crippen LogP contribution in [0, 0.1) is 0 Å². The van der Waals surface area contributed by atoms with Crippen molar-refractivity contribution in [2.45, 2.75) is 13.8 Å². The summed E-state index contributed by atoms with van der Waals surface area (Å²) < 4.78 is 0. The molecule has 0 amide bonds. The van der Waals surface area contributed by atoms with Crippen LogP contribution in [-0.2, 0) is 0 Å². The largest absolute Gasteiger partial charge is 0.103 e. The molecular formula is C8H14. The Balaban J connectivity index is 0. The first-order chi connectivity index (χ1) is 3.83. The number of hydrogen-bond donors (Lipinski definition) is 0. The summed E-state index contributed by atoms with van der Waals surface area (Å²) >= 11 is 0. The molecular weight excluding hydrogens is 96.1 g/mol. The zero-order valence-corrected chi connectivity index (χ0v) is 5.72. The van der Waals surface area contributed by atoms with E-state index in [9.17, 15) is 0 Å². The Labute approximate surface area is 52.2 Å². The molecule has 0 spiro atoms. The van der Waals surface area contributed by atoms with Crippen LogP contribution in [0.2, 0.25) is 0 Å². The Bertz CT molecular complexity index is 68.1. The van der Waals surface area contributed by atoms with Crippen molar-refractivity contribution in [3.63, 3.8) is 0 Å². The quantitative estimate of drug-likeness (QED) is 0.359. The van der Waals surface area contributed by atoms with Crippen LogP contribution in [0.1, 0.15) is 13.8 Å². The maximum absolute atomic E-state index is 3.46. The zero-order valence-electron chi connectivity index (χ0n) is 5.72. The normalized spacial score (nSPS) is 7.25. The van der Waals surface area contributed by atoms with Gasteiger partial charge >= 0.3 is 0 Å². The second kappa shape index (κ2) is 16.3. The summed E-state index contributed by atoms with van der Waals surface area (Å²) in [5.41, 5.74) is 0. The molecule has 0 aromatic carbocycles. The lowest BCUT2D eigenvalue weighted by Gasteiger charge is -1.56. The molecule has 0 aromatic rings. The van der Waals surface area contributed by atoms with Gasteiger partial charge in [0, 0.05) is 0 Å². The van der Waals surface area contributed by atoms with Crippen molar-refractivity contribution in [3.8, 4) is 0 Å². The molecule has 8 heavy (non-hydrogen) atoms. The summed E-state index contributed by atoms with van der Waals surface area (Å²) in [6, 6.07) is 0. The van der Waals surface area contributed by atoms with E-state index in [1.165, 1.54) is 0 Å². The third kappa shape index (κ3) is 62.5. The lowest BCUT2D eigenvalue weighted by atomic mass is 10.5. The molecule has 0 atom stereocenters. The maximum atomic E-state index is 3.46. The Morgan fingerprint density at radius 2 is 1.50 bits per heavy atom. The van der Waals surface area contributed by atoms with Gasteiger partial charge in [-0.2, -0.15) is 0 Å². The van der Waals surface area contributed by atoms with E-state index in [4.69, 9.17) is 0 Å². The molecule has 0 rings (SSSR count). The first-order valence-electron chi connectivity index (χ1n) is 2.64. The Morgan fingerprint density at radius 1 is 1.12 bits per heavy atom. The van der Waals surface area contributed by atoms with Gasteiger partial charge in [-0.25, -0.2) is 0 Å². The van der Waals surface area contributed by atoms with Crippen molar-refractivity contribution >= 4 is 0 Å². The van der Waals surface area contributed by atoms with E-state index in [0.29, 0.717) is 0 Å². The molecule has 0 N–H and O–H groups in total. The third-order valence-corrected chi connectivity index (χ3v) is 0.329. The highest BCUT2D eigenvalue weighted by molar-refractivity contribution is 4.94. The molecule has 0 unspecified atom stereocenters. The van der Waals surface area contributed by atoms with Gasteiger partial charge in [0.15, 0.2) is 0 Å². The summed E-state index contributed by atoms with van der Waals surface area (Å²) in [5.74, 6) is 0. The van der Waals surface area contributed by atoms with E-state index >= 15 is 0 Å². The van der Waals surface area contributed by atoms with Crippen LogP contribution in [0.5, 0.6) is 0 Å². The van der Waals surface area contributed by atoms with Gasteiger partial charge in [0.1, 0.15) is 0 Å². The molecule has 0 heterocycles. The Hall–Kier alpha value is -0.780. The van der Waals surface area contributed by atoms with Crippen LogP contribution >= 0.6 is 0 Å². The van der Waals surface area contributed by atoms with Crippen LogP contribution in [0.15, 0.2) is 37.5 Å². The van der Waals surface area contributed by atoms with Crippen LogP contribution in [-0.4, -0.2) is 0 Å². The molecule has 0 fully saturated rings. The molecule has 0 nitrogen and oxygen atoms in total. The fourth-order valence-corrected chi connectivity index (χ4v) is 0.136. The SMILES string of the molecule is C=C/C=C/C.C=CC. The highest BCUT2D eigenvalue weighted by Crippen LogP contribution is 1.64. The highest BCUT2D eigenvalue weighted by atomic mass is 13.5. The van der Waals surface area contributed by atoms with E-state index in [1.54, 1.807) is 12.2 Å². The summed E-state index contributed by atoms with van der Waals surface area (Å²) in [6.45, 7) is 10.7. The molecule has 0 aliphatic carbocycles. The van der Waals surface area contributed by atoms with Gasteiger partial charge < -0.3 is 0 Å². The van der Waals surface area contributed by atoms with Gasteiger partial charge in [-0.3, -0.25) is 0 Å². The van der Waals surface area contributed by atoms with Crippen LogP contribution in [0.3, 0.4) is 0 Å². The first kappa shape index (κ1) is 10.3.